The van der Waals surface area contributed by atoms with E-state index in [-0.39, 0.29) is 17.5 Å². The number of nitrogens with two attached hydrogens (primary N) is 1. The largest absolute Gasteiger partial charge is 0.378 e. The smallest absolute Gasteiger partial charge is 0.228 e. The molecular formula is C24H32N8O2. The predicted molar refractivity (Wildman–Crippen MR) is 129 cm³/mol. The summed E-state index contributed by atoms with van der Waals surface area (Å²) in [6.45, 7) is 7.95. The summed E-state index contributed by atoms with van der Waals surface area (Å²) >= 11 is 0. The van der Waals surface area contributed by atoms with Crippen molar-refractivity contribution in [2.24, 2.45) is 0 Å². The highest BCUT2D eigenvalue weighted by Gasteiger charge is 2.46. The van der Waals surface area contributed by atoms with Gasteiger partial charge in [-0.2, -0.15) is 4.98 Å². The summed E-state index contributed by atoms with van der Waals surface area (Å²) in [5.74, 6) is 2.40. The molecule has 1 unspecified atom stereocenters. The number of carbonyl (C=O) groups is 1. The molecule has 5 heterocycles. The van der Waals surface area contributed by atoms with E-state index < -0.39 is 0 Å². The number of hydrogen-bond donors (Lipinski definition) is 1. The van der Waals surface area contributed by atoms with E-state index in [2.05, 4.69) is 31.6 Å². The zero-order valence-corrected chi connectivity index (χ0v) is 19.7. The first-order valence-electron chi connectivity index (χ1n) is 12.4. The van der Waals surface area contributed by atoms with Gasteiger partial charge in [0.25, 0.3) is 0 Å². The van der Waals surface area contributed by atoms with Crippen molar-refractivity contribution in [1.82, 2.24) is 24.8 Å². The van der Waals surface area contributed by atoms with Gasteiger partial charge in [0.1, 0.15) is 11.6 Å². The fourth-order valence-corrected chi connectivity index (χ4v) is 6.02. The summed E-state index contributed by atoms with van der Waals surface area (Å²) in [5, 5.41) is 0. The maximum atomic E-state index is 12.4. The Morgan fingerprint density at radius 2 is 1.88 bits per heavy atom. The molecule has 34 heavy (non-hydrogen) atoms. The second-order valence-electron chi connectivity index (χ2n) is 10.1. The average Bonchev–Trinajstić information content (AvgIpc) is 3.58. The lowest BCUT2D eigenvalue weighted by Crippen LogP contribution is -2.49. The van der Waals surface area contributed by atoms with Crippen molar-refractivity contribution in [3.8, 4) is 11.3 Å². The second-order valence-corrected chi connectivity index (χ2v) is 10.1. The molecule has 1 saturated carbocycles. The van der Waals surface area contributed by atoms with Crippen molar-refractivity contribution in [3.05, 3.63) is 18.0 Å². The van der Waals surface area contributed by atoms with Crippen molar-refractivity contribution in [1.29, 1.82) is 0 Å². The van der Waals surface area contributed by atoms with Gasteiger partial charge < -0.3 is 20.3 Å². The number of ketones is 1. The summed E-state index contributed by atoms with van der Waals surface area (Å²) in [5.41, 5.74) is 8.57. The highest BCUT2D eigenvalue weighted by atomic mass is 16.5. The van der Waals surface area contributed by atoms with Crippen LogP contribution < -0.4 is 15.5 Å². The number of carbonyl (C=O) groups excluding carboxylic acids is 1. The van der Waals surface area contributed by atoms with E-state index in [1.54, 1.807) is 12.4 Å². The number of aromatic nitrogens is 4. The minimum Gasteiger partial charge on any atom is -0.378 e. The van der Waals surface area contributed by atoms with Crippen LogP contribution in [0.25, 0.3) is 11.3 Å². The molecule has 0 amide bonds. The molecular weight excluding hydrogens is 432 g/mol. The summed E-state index contributed by atoms with van der Waals surface area (Å²) < 4.78 is 5.55. The average molecular weight is 465 g/mol. The molecule has 180 valence electrons. The Kier molecular flexibility index (Phi) is 5.37. The van der Waals surface area contributed by atoms with Crippen LogP contribution in [-0.2, 0) is 16.0 Å². The van der Waals surface area contributed by atoms with Crippen molar-refractivity contribution in [3.63, 3.8) is 0 Å². The van der Waals surface area contributed by atoms with Crippen LogP contribution in [0.4, 0.5) is 17.7 Å². The number of Topliss-reactive ketones (excluding diaryl/α,β-unsaturated/α-hetero) is 1. The van der Waals surface area contributed by atoms with Crippen LogP contribution in [-0.4, -0.2) is 88.1 Å². The molecule has 2 N–H and O–H groups in total. The van der Waals surface area contributed by atoms with Crippen LogP contribution in [0.2, 0.25) is 0 Å². The number of anilines is 3. The minimum atomic E-state index is -0.0698. The van der Waals surface area contributed by atoms with E-state index in [0.717, 1.165) is 93.4 Å². The molecule has 0 aromatic carbocycles. The molecule has 3 aliphatic heterocycles. The Hall–Kier alpha value is -2.85. The lowest BCUT2D eigenvalue weighted by atomic mass is 9.99. The van der Waals surface area contributed by atoms with Gasteiger partial charge in [0, 0.05) is 62.7 Å². The molecule has 2 atom stereocenters. The van der Waals surface area contributed by atoms with Gasteiger partial charge in [0.05, 0.1) is 30.5 Å². The van der Waals surface area contributed by atoms with Gasteiger partial charge in [-0.3, -0.25) is 9.69 Å². The van der Waals surface area contributed by atoms with Crippen molar-refractivity contribution < 1.29 is 9.53 Å². The van der Waals surface area contributed by atoms with Gasteiger partial charge in [-0.15, -0.1) is 0 Å². The number of ether oxygens (including phenoxy) is 1. The summed E-state index contributed by atoms with van der Waals surface area (Å²) in [6.07, 6.45) is 8.14. The first-order chi connectivity index (χ1) is 16.5. The highest BCUT2D eigenvalue weighted by Crippen LogP contribution is 2.42. The van der Waals surface area contributed by atoms with E-state index in [1.807, 2.05) is 0 Å². The molecule has 0 radical (unpaired) electrons. The van der Waals surface area contributed by atoms with E-state index in [9.17, 15) is 4.79 Å². The number of rotatable bonds is 4. The molecule has 10 nitrogen and oxygen atoms in total. The van der Waals surface area contributed by atoms with Crippen molar-refractivity contribution in [2.75, 3.05) is 61.5 Å². The van der Waals surface area contributed by atoms with Gasteiger partial charge in [-0.1, -0.05) is 0 Å². The molecule has 0 spiro atoms. The second kappa shape index (κ2) is 8.42. The molecule has 2 aromatic rings. The summed E-state index contributed by atoms with van der Waals surface area (Å²) in [4.78, 5) is 38.0. The normalized spacial score (nSPS) is 27.6. The lowest BCUT2D eigenvalue weighted by molar-refractivity contribution is -0.121. The summed E-state index contributed by atoms with van der Waals surface area (Å²) in [7, 11) is 0. The zero-order valence-electron chi connectivity index (χ0n) is 19.7. The van der Waals surface area contributed by atoms with Gasteiger partial charge in [0.15, 0.2) is 0 Å². The third kappa shape index (κ3) is 3.69. The van der Waals surface area contributed by atoms with Gasteiger partial charge in [0.2, 0.25) is 11.9 Å². The van der Waals surface area contributed by atoms with E-state index in [1.165, 1.54) is 0 Å². The maximum absolute atomic E-state index is 12.4. The van der Waals surface area contributed by atoms with Crippen LogP contribution in [0.5, 0.6) is 0 Å². The van der Waals surface area contributed by atoms with Crippen LogP contribution >= 0.6 is 0 Å². The lowest BCUT2D eigenvalue weighted by Gasteiger charge is -2.38. The topological polar surface area (TPSA) is 114 Å². The molecule has 6 rings (SSSR count). The van der Waals surface area contributed by atoms with E-state index in [0.29, 0.717) is 19.0 Å². The van der Waals surface area contributed by atoms with Crippen LogP contribution in [0.1, 0.15) is 38.2 Å². The number of nitrogens with zero attached hydrogens (tertiary/aromatic N) is 7. The minimum absolute atomic E-state index is 0.0698. The van der Waals surface area contributed by atoms with Gasteiger partial charge in [-0.05, 0) is 32.6 Å². The van der Waals surface area contributed by atoms with Crippen molar-refractivity contribution >= 4 is 23.5 Å². The molecule has 0 bridgehead atoms. The predicted octanol–water partition coefficient (Wildman–Crippen LogP) is 1.30. The number of likely N-dealkylation sites (tertiary alicyclic amines) is 1. The van der Waals surface area contributed by atoms with Crippen LogP contribution in [0.3, 0.4) is 0 Å². The Labute approximate surface area is 199 Å². The monoisotopic (exact) mass is 464 g/mol. The number of morpholine rings is 1. The van der Waals surface area contributed by atoms with Gasteiger partial charge in [-0.25, -0.2) is 15.0 Å². The first-order valence-corrected chi connectivity index (χ1v) is 12.4. The molecule has 2 saturated heterocycles. The maximum Gasteiger partial charge on any atom is 0.228 e. The number of hydrogen-bond acceptors (Lipinski definition) is 10. The fraction of sp³-hybridized carbons (Fsp3) is 0.625. The SMILES string of the molecule is C[C@]1(N2CCc3c(-c4cnc(N)nc4)nc(N4CCOCC4)nc32)CCN(C2CCCC2=O)C1. The zero-order chi connectivity index (χ0) is 23.3. The Bertz CT molecular complexity index is 1090. The Morgan fingerprint density at radius 1 is 1.09 bits per heavy atom. The number of nitrogen functional groups attached to an aromatic ring is 1. The third-order valence-electron chi connectivity index (χ3n) is 7.90. The van der Waals surface area contributed by atoms with E-state index >= 15 is 0 Å². The summed E-state index contributed by atoms with van der Waals surface area (Å²) in [6, 6.07) is 0.0979. The Balaban J connectivity index is 1.37. The number of fused-ring (bicyclic) bond motifs is 1. The quantitative estimate of drug-likeness (QED) is 0.710. The highest BCUT2D eigenvalue weighted by molar-refractivity contribution is 5.86. The van der Waals surface area contributed by atoms with Crippen LogP contribution in [0.15, 0.2) is 12.4 Å². The fourth-order valence-electron chi connectivity index (χ4n) is 6.02. The molecule has 4 aliphatic rings. The standard InChI is InChI=1S/C24H32N8O2/c1-24(6-8-31(15-24)18-3-2-4-19(18)33)32-7-5-17-20(16-13-26-22(25)27-14-16)28-23(29-21(17)32)30-9-11-34-12-10-30/h13-14,18H,2-12,15H2,1H3,(H2,25,26,27)/t18?,24-/m0/s1. The molecule has 2 aromatic heterocycles. The molecule has 10 heteroatoms. The van der Waals surface area contributed by atoms with Crippen LogP contribution in [0, 0.1) is 0 Å². The molecule has 3 fully saturated rings. The molecule has 1 aliphatic carbocycles. The Morgan fingerprint density at radius 3 is 2.62 bits per heavy atom. The van der Waals surface area contributed by atoms with Crippen molar-refractivity contribution in [2.45, 2.75) is 50.6 Å². The van der Waals surface area contributed by atoms with E-state index in [4.69, 9.17) is 20.4 Å². The van der Waals surface area contributed by atoms with Gasteiger partial charge >= 0.3 is 0 Å². The third-order valence-corrected chi connectivity index (χ3v) is 7.90. The first kappa shape index (κ1) is 21.7.